The molecule has 0 bridgehead atoms. The normalized spacial score (nSPS) is 21.7. The SMILES string of the molecule is CCCCCCOc1ccc2c(sc3c(F)c(OCC4CCC(CC5CC5)CC4)ccc32)c1F.CCCCCOc1ccc2c(sc3c(F)c(OCC4CCC(CC5CC5)CC4)ccc32)c1F.CCCCOc1ccc2c(sc3c(F)c(OCC4CCC(CC5CC5)CC4)ccc32)c1F.Fc1c(OCC2CC2)ccc2c1sc1c(F)c(OCC3CCC(CC4CC4)CC3)ccc12. The van der Waals surface area contributed by atoms with Crippen molar-refractivity contribution in [2.45, 2.75) is 271 Å². The molecule has 20 heteroatoms. The van der Waals surface area contributed by atoms with Crippen molar-refractivity contribution < 1.29 is 73.0 Å². The van der Waals surface area contributed by atoms with E-state index in [1.165, 1.54) is 180 Å². The Labute approximate surface area is 784 Å². The fourth-order valence-corrected chi connectivity index (χ4v) is 25.5. The molecule has 8 aromatic carbocycles. The molecule has 9 fully saturated rings. The minimum absolute atomic E-state index is 0.242. The van der Waals surface area contributed by atoms with Gasteiger partial charge in [0.1, 0.15) is 0 Å². The van der Waals surface area contributed by atoms with Gasteiger partial charge in [-0.05, 0) is 283 Å². The summed E-state index contributed by atoms with van der Waals surface area (Å²) >= 11 is 4.61. The quantitative estimate of drug-likeness (QED) is 0.0280. The molecule has 12 aromatic rings. The van der Waals surface area contributed by atoms with Crippen LogP contribution in [0.2, 0.25) is 0 Å². The molecule has 0 amide bonds. The summed E-state index contributed by atoms with van der Waals surface area (Å²) in [5, 5.41) is 5.86. The number of ether oxygens (including phenoxy) is 8. The van der Waals surface area contributed by atoms with E-state index in [4.69, 9.17) is 37.9 Å². The summed E-state index contributed by atoms with van der Waals surface area (Å²) < 4.78 is 172. The van der Waals surface area contributed by atoms with Crippen molar-refractivity contribution in [3.63, 3.8) is 0 Å². The molecule has 0 radical (unpaired) electrons. The Kier molecular flexibility index (Phi) is 31.6. The van der Waals surface area contributed by atoms with Crippen molar-refractivity contribution in [2.24, 2.45) is 76.9 Å². The van der Waals surface area contributed by atoms with Gasteiger partial charge in [0.25, 0.3) is 0 Å². The highest BCUT2D eigenvalue weighted by Crippen LogP contribution is 2.51. The van der Waals surface area contributed by atoms with Gasteiger partial charge >= 0.3 is 0 Å². The predicted octanol–water partition coefficient (Wildman–Crippen LogP) is 34.8. The fraction of sp³-hybridized carbons (Fsp3) is 0.568. The van der Waals surface area contributed by atoms with Crippen LogP contribution in [0.3, 0.4) is 0 Å². The summed E-state index contributed by atoms with van der Waals surface area (Å²) in [4.78, 5) is 0. The zero-order valence-electron chi connectivity index (χ0n) is 76.9. The summed E-state index contributed by atoms with van der Waals surface area (Å²) in [5.41, 5.74) is 0. The standard InChI is InChI=1S/C29H36F2O2S.C28H34F2O2S.C27H30F2O2S.C27H32F2O2S/c1-2-3-4-5-16-32-24-14-12-22-23-13-15-25(27(31)29(23)34-28(22)26(24)30)33-18-21-10-8-20(9-11-21)17-19-6-7-19;1-2-3-4-15-31-23-13-11-21-22-12-14-24(26(30)28(22)33-27(21)25(23)29)32-17-20-9-7-19(8-10-20)16-18-5-6-18;28-24-22(30-14-18-5-3-17(4-6-18)13-16-1-2-16)11-9-20-21-10-12-23(31-15-19-7-8-19)25(29)27(21)32-26(20)24;1-2-3-14-30-22-12-10-20-21-11-13-23(25(29)27(21)32-26(20)24(22)28)31-16-19-8-6-18(7-9-19)15-17-4-5-17/h12-15,19-21H,2-11,16-18H2,1H3;11-14,18-20H,2-10,15-17H2,1H3;9-12,16-19H,1-8,13-15H2;10-13,17-19H,2-9,14-16H2,1H3. The van der Waals surface area contributed by atoms with Crippen molar-refractivity contribution in [2.75, 3.05) is 52.9 Å². The van der Waals surface area contributed by atoms with Gasteiger partial charge in [-0.15, -0.1) is 45.3 Å². The number of rotatable bonds is 38. The molecular weight excluding hydrogens is 1740 g/mol. The smallest absolute Gasteiger partial charge is 0.182 e. The van der Waals surface area contributed by atoms with Crippen LogP contribution in [0.4, 0.5) is 35.1 Å². The third kappa shape index (κ3) is 23.6. The van der Waals surface area contributed by atoms with E-state index in [0.717, 1.165) is 206 Å². The Bertz CT molecular complexity index is 5830. The molecule has 0 aliphatic heterocycles. The molecule has 9 aliphatic rings. The first-order valence-corrected chi connectivity index (χ1v) is 53.7. The van der Waals surface area contributed by atoms with Gasteiger partial charge in [0, 0.05) is 43.1 Å². The Morgan fingerprint density at radius 1 is 0.191 bits per heavy atom. The van der Waals surface area contributed by atoms with Crippen molar-refractivity contribution in [3.8, 4) is 46.0 Å². The van der Waals surface area contributed by atoms with Crippen molar-refractivity contribution >= 4 is 126 Å². The van der Waals surface area contributed by atoms with Gasteiger partial charge in [0.15, 0.2) is 92.5 Å². The number of unbranched alkanes of at least 4 members (excludes halogenated alkanes) is 6. The second-order valence-corrected chi connectivity index (χ2v) is 44.5. The lowest BCUT2D eigenvalue weighted by Gasteiger charge is -2.28. The van der Waals surface area contributed by atoms with Crippen molar-refractivity contribution in [1.29, 1.82) is 0 Å². The molecule has 4 aromatic heterocycles. The highest BCUT2D eigenvalue weighted by atomic mass is 32.1. The average Bonchev–Trinajstić information content (AvgIpc) is 1.62. The van der Waals surface area contributed by atoms with Gasteiger partial charge in [0.2, 0.25) is 0 Å². The Balaban J connectivity index is 0.000000117. The van der Waals surface area contributed by atoms with E-state index in [2.05, 4.69) is 20.8 Å². The molecule has 21 rings (SSSR count). The van der Waals surface area contributed by atoms with Gasteiger partial charge in [-0.1, -0.05) is 162 Å². The molecule has 0 unspecified atom stereocenters. The number of hydrogen-bond acceptors (Lipinski definition) is 12. The van der Waals surface area contributed by atoms with Gasteiger partial charge in [0.05, 0.1) is 90.5 Å². The van der Waals surface area contributed by atoms with Gasteiger partial charge in [-0.3, -0.25) is 0 Å². The van der Waals surface area contributed by atoms with E-state index < -0.39 is 11.6 Å². The lowest BCUT2D eigenvalue weighted by molar-refractivity contribution is 0.173. The highest BCUT2D eigenvalue weighted by Gasteiger charge is 2.36. The molecule has 9 aliphatic carbocycles. The summed E-state index contributed by atoms with van der Waals surface area (Å²) in [5.74, 6) is 9.20. The van der Waals surface area contributed by atoms with E-state index >= 15 is 35.1 Å². The fourth-order valence-electron chi connectivity index (χ4n) is 20.8. The lowest BCUT2D eigenvalue weighted by atomic mass is 9.80. The molecule has 0 saturated heterocycles. The van der Waals surface area contributed by atoms with Crippen LogP contribution in [0.1, 0.15) is 271 Å². The van der Waals surface area contributed by atoms with E-state index in [-0.39, 0.29) is 80.9 Å². The maximum Gasteiger partial charge on any atom is 0.182 e. The van der Waals surface area contributed by atoms with Crippen LogP contribution < -0.4 is 37.9 Å². The van der Waals surface area contributed by atoms with Crippen LogP contribution in [0.5, 0.6) is 46.0 Å². The molecule has 131 heavy (non-hydrogen) atoms. The number of thiophene rings is 4. The minimum atomic E-state index is -0.398. The van der Waals surface area contributed by atoms with E-state index in [9.17, 15) is 0 Å². The second kappa shape index (κ2) is 44.1. The molecule has 8 nitrogen and oxygen atoms in total. The summed E-state index contributed by atoms with van der Waals surface area (Å²) in [6, 6.07) is 28.3. The molecule has 0 atom stereocenters. The summed E-state index contributed by atoms with van der Waals surface area (Å²) in [7, 11) is 0. The van der Waals surface area contributed by atoms with Gasteiger partial charge in [-0.2, -0.15) is 0 Å². The van der Waals surface area contributed by atoms with E-state index in [1.807, 2.05) is 48.5 Å². The van der Waals surface area contributed by atoms with Crippen molar-refractivity contribution in [3.05, 3.63) is 144 Å². The zero-order chi connectivity index (χ0) is 90.0. The Hall–Kier alpha value is -7.52. The van der Waals surface area contributed by atoms with Gasteiger partial charge < -0.3 is 37.9 Å². The van der Waals surface area contributed by atoms with Crippen LogP contribution in [0.15, 0.2) is 97.1 Å². The first-order valence-electron chi connectivity index (χ1n) is 50.4. The average molecular weight is 1870 g/mol. The van der Waals surface area contributed by atoms with Crippen LogP contribution >= 0.6 is 45.3 Å². The molecule has 0 spiro atoms. The first-order chi connectivity index (χ1) is 64.1. The maximum absolute atomic E-state index is 15.4. The van der Waals surface area contributed by atoms with Crippen molar-refractivity contribution in [1.82, 2.24) is 0 Å². The summed E-state index contributed by atoms with van der Waals surface area (Å²) in [6.07, 6.45) is 48.3. The first kappa shape index (κ1) is 93.9. The minimum Gasteiger partial charge on any atom is -0.490 e. The monoisotopic (exact) mass is 1870 g/mol. The van der Waals surface area contributed by atoms with E-state index in [0.29, 0.717) is 120 Å². The predicted molar refractivity (Wildman–Crippen MR) is 523 cm³/mol. The van der Waals surface area contributed by atoms with Crippen LogP contribution in [0, 0.1) is 123 Å². The van der Waals surface area contributed by atoms with Crippen LogP contribution in [-0.4, -0.2) is 52.9 Å². The van der Waals surface area contributed by atoms with Gasteiger partial charge in [-0.25, -0.2) is 35.1 Å². The number of halogens is 8. The number of benzene rings is 8. The molecule has 0 N–H and O–H groups in total. The van der Waals surface area contributed by atoms with E-state index in [1.54, 1.807) is 48.5 Å². The molecule has 9 saturated carbocycles. The second-order valence-electron chi connectivity index (χ2n) is 40.4. The largest absolute Gasteiger partial charge is 0.490 e. The highest BCUT2D eigenvalue weighted by molar-refractivity contribution is 7.27. The van der Waals surface area contributed by atoms with Crippen LogP contribution in [-0.2, 0) is 0 Å². The Morgan fingerprint density at radius 2 is 0.344 bits per heavy atom. The van der Waals surface area contributed by atoms with Crippen LogP contribution in [0.25, 0.3) is 80.7 Å². The molecular formula is C111H132F8O8S4. The number of fused-ring (bicyclic) bond motifs is 12. The molecule has 4 heterocycles. The number of hydrogen-bond donors (Lipinski definition) is 0. The third-order valence-corrected chi connectivity index (χ3v) is 34.7. The third-order valence-electron chi connectivity index (χ3n) is 29.9. The Morgan fingerprint density at radius 3 is 0.527 bits per heavy atom. The summed E-state index contributed by atoms with van der Waals surface area (Å²) in [6.45, 7) is 10.6. The topological polar surface area (TPSA) is 73.8 Å². The molecule has 704 valence electrons. The zero-order valence-corrected chi connectivity index (χ0v) is 80.2. The lowest BCUT2D eigenvalue weighted by Crippen LogP contribution is -2.20. The maximum atomic E-state index is 15.4.